The summed E-state index contributed by atoms with van der Waals surface area (Å²) in [4.78, 5) is 12.1. The molecule has 6 heteroatoms. The summed E-state index contributed by atoms with van der Waals surface area (Å²) in [5, 5.41) is 6.04. The molecule has 22 heavy (non-hydrogen) atoms. The van der Waals surface area contributed by atoms with Crippen LogP contribution in [0, 0.1) is 0 Å². The first-order chi connectivity index (χ1) is 10.0. The van der Waals surface area contributed by atoms with Crippen molar-refractivity contribution >= 4 is 18.3 Å². The van der Waals surface area contributed by atoms with Crippen LogP contribution in [0.4, 0.5) is 8.78 Å². The van der Waals surface area contributed by atoms with Crippen molar-refractivity contribution in [2.45, 2.75) is 43.6 Å². The Morgan fingerprint density at radius 1 is 1.32 bits per heavy atom. The molecule has 1 heterocycles. The molecule has 1 amide bonds. The van der Waals surface area contributed by atoms with Gasteiger partial charge in [-0.25, -0.2) is 8.78 Å². The molecule has 1 aromatic rings. The Morgan fingerprint density at radius 3 is 2.73 bits per heavy atom. The zero-order chi connectivity index (χ0) is 14.9. The SMILES string of the molecule is Cl.O=C(NC1CC(F)(F)C1)c1cccc(C2CCCNC2)c1. The minimum absolute atomic E-state index is 0. The summed E-state index contributed by atoms with van der Waals surface area (Å²) in [5.41, 5.74) is 1.71. The number of rotatable bonds is 3. The van der Waals surface area contributed by atoms with Gasteiger partial charge in [-0.2, -0.15) is 0 Å². The van der Waals surface area contributed by atoms with Crippen molar-refractivity contribution in [2.24, 2.45) is 0 Å². The fourth-order valence-electron chi connectivity index (χ4n) is 3.10. The average molecular weight is 331 g/mol. The van der Waals surface area contributed by atoms with Gasteiger partial charge in [0.05, 0.1) is 0 Å². The quantitative estimate of drug-likeness (QED) is 0.894. The first-order valence-corrected chi connectivity index (χ1v) is 7.53. The summed E-state index contributed by atoms with van der Waals surface area (Å²) in [6.07, 6.45) is 1.76. The fraction of sp³-hybridized carbons (Fsp3) is 0.562. The summed E-state index contributed by atoms with van der Waals surface area (Å²) in [6, 6.07) is 7.14. The van der Waals surface area contributed by atoms with Crippen molar-refractivity contribution < 1.29 is 13.6 Å². The van der Waals surface area contributed by atoms with Crippen molar-refractivity contribution in [2.75, 3.05) is 13.1 Å². The highest BCUT2D eigenvalue weighted by molar-refractivity contribution is 5.94. The third-order valence-corrected chi connectivity index (χ3v) is 4.34. The molecule has 1 saturated heterocycles. The minimum atomic E-state index is -2.60. The highest BCUT2D eigenvalue weighted by Crippen LogP contribution is 2.37. The first-order valence-electron chi connectivity index (χ1n) is 7.53. The van der Waals surface area contributed by atoms with Gasteiger partial charge in [0, 0.05) is 31.0 Å². The van der Waals surface area contributed by atoms with Gasteiger partial charge < -0.3 is 10.6 Å². The maximum absolute atomic E-state index is 12.8. The molecule has 0 spiro atoms. The second-order valence-electron chi connectivity index (χ2n) is 6.10. The molecule has 1 aliphatic heterocycles. The zero-order valence-electron chi connectivity index (χ0n) is 12.3. The maximum Gasteiger partial charge on any atom is 0.252 e. The normalized spacial score (nSPS) is 24.0. The Balaban J connectivity index is 0.00000176. The molecule has 2 fully saturated rings. The van der Waals surface area contributed by atoms with E-state index in [2.05, 4.69) is 10.6 Å². The number of nitrogens with one attached hydrogen (secondary N) is 2. The topological polar surface area (TPSA) is 41.1 Å². The molecular weight excluding hydrogens is 310 g/mol. The van der Waals surface area contributed by atoms with E-state index in [0.29, 0.717) is 11.5 Å². The first kappa shape index (κ1) is 17.2. The van der Waals surface area contributed by atoms with Crippen LogP contribution in [0.25, 0.3) is 0 Å². The van der Waals surface area contributed by atoms with Gasteiger partial charge in [-0.05, 0) is 43.0 Å². The van der Waals surface area contributed by atoms with Gasteiger partial charge in [-0.3, -0.25) is 4.79 Å². The van der Waals surface area contributed by atoms with Crippen molar-refractivity contribution in [1.82, 2.24) is 10.6 Å². The van der Waals surface area contributed by atoms with Crippen LogP contribution in [-0.2, 0) is 0 Å². The summed E-state index contributed by atoms with van der Waals surface area (Å²) in [6.45, 7) is 1.98. The van der Waals surface area contributed by atoms with E-state index in [4.69, 9.17) is 0 Å². The van der Waals surface area contributed by atoms with Gasteiger partial charge in [0.2, 0.25) is 0 Å². The Labute approximate surface area is 135 Å². The molecule has 122 valence electrons. The van der Waals surface area contributed by atoms with Crippen molar-refractivity contribution in [3.8, 4) is 0 Å². The molecule has 2 N–H and O–H groups in total. The van der Waals surface area contributed by atoms with Gasteiger partial charge in [-0.1, -0.05) is 12.1 Å². The lowest BCUT2D eigenvalue weighted by atomic mass is 9.87. The van der Waals surface area contributed by atoms with Crippen LogP contribution in [-0.4, -0.2) is 31.0 Å². The maximum atomic E-state index is 12.8. The molecule has 0 bridgehead atoms. The lowest BCUT2D eigenvalue weighted by Gasteiger charge is -2.35. The van der Waals surface area contributed by atoms with E-state index in [0.717, 1.165) is 31.5 Å². The minimum Gasteiger partial charge on any atom is -0.349 e. The van der Waals surface area contributed by atoms with E-state index in [1.165, 1.54) is 0 Å². The summed E-state index contributed by atoms with van der Waals surface area (Å²) >= 11 is 0. The number of carbonyl (C=O) groups is 1. The molecule has 1 aliphatic carbocycles. The van der Waals surface area contributed by atoms with E-state index in [-0.39, 0.29) is 31.2 Å². The molecule has 2 aliphatic rings. The van der Waals surface area contributed by atoms with Crippen LogP contribution in [0.2, 0.25) is 0 Å². The van der Waals surface area contributed by atoms with E-state index in [9.17, 15) is 13.6 Å². The van der Waals surface area contributed by atoms with Crippen LogP contribution >= 0.6 is 12.4 Å². The molecular formula is C16H21ClF2N2O. The summed E-state index contributed by atoms with van der Waals surface area (Å²) < 4.78 is 25.6. The highest BCUT2D eigenvalue weighted by Gasteiger charge is 2.45. The van der Waals surface area contributed by atoms with E-state index >= 15 is 0 Å². The third-order valence-electron chi connectivity index (χ3n) is 4.34. The molecule has 1 unspecified atom stereocenters. The Kier molecular flexibility index (Phi) is 5.40. The van der Waals surface area contributed by atoms with Gasteiger partial charge in [0.25, 0.3) is 11.8 Å². The molecule has 1 atom stereocenters. The predicted octanol–water partition coefficient (Wildman–Crippen LogP) is 3.10. The van der Waals surface area contributed by atoms with Gasteiger partial charge in [0.1, 0.15) is 0 Å². The van der Waals surface area contributed by atoms with Crippen LogP contribution < -0.4 is 10.6 Å². The summed E-state index contributed by atoms with van der Waals surface area (Å²) in [7, 11) is 0. The molecule has 1 aromatic carbocycles. The molecule has 0 radical (unpaired) electrons. The number of piperidine rings is 1. The van der Waals surface area contributed by atoms with Gasteiger partial charge >= 0.3 is 0 Å². The monoisotopic (exact) mass is 330 g/mol. The standard InChI is InChI=1S/C16H20F2N2O.ClH/c17-16(18)8-14(9-16)20-15(21)12-4-1-3-11(7-12)13-5-2-6-19-10-13;/h1,3-4,7,13-14,19H,2,5-6,8-10H2,(H,20,21);1H. The van der Waals surface area contributed by atoms with Crippen LogP contribution in [0.1, 0.15) is 47.5 Å². The second-order valence-corrected chi connectivity index (χ2v) is 6.10. The van der Waals surface area contributed by atoms with E-state index in [1.54, 1.807) is 6.07 Å². The number of alkyl halides is 2. The lowest BCUT2D eigenvalue weighted by molar-refractivity contribution is -0.0901. The van der Waals surface area contributed by atoms with Gasteiger partial charge in [-0.15, -0.1) is 12.4 Å². The van der Waals surface area contributed by atoms with Crippen molar-refractivity contribution in [3.63, 3.8) is 0 Å². The van der Waals surface area contributed by atoms with E-state index < -0.39 is 12.0 Å². The highest BCUT2D eigenvalue weighted by atomic mass is 35.5. The molecule has 1 saturated carbocycles. The molecule has 0 aromatic heterocycles. The second kappa shape index (κ2) is 6.92. The van der Waals surface area contributed by atoms with Gasteiger partial charge in [0.15, 0.2) is 0 Å². The number of hydrogen-bond acceptors (Lipinski definition) is 2. The Morgan fingerprint density at radius 2 is 2.09 bits per heavy atom. The zero-order valence-corrected chi connectivity index (χ0v) is 13.1. The van der Waals surface area contributed by atoms with Crippen LogP contribution in [0.5, 0.6) is 0 Å². The summed E-state index contributed by atoms with van der Waals surface area (Å²) in [5.74, 6) is -2.42. The number of amides is 1. The van der Waals surface area contributed by atoms with Crippen molar-refractivity contribution in [1.29, 1.82) is 0 Å². The Hall–Kier alpha value is -1.20. The number of halogens is 3. The van der Waals surface area contributed by atoms with Crippen LogP contribution in [0.15, 0.2) is 24.3 Å². The number of carbonyl (C=O) groups excluding carboxylic acids is 1. The predicted molar refractivity (Wildman–Crippen MR) is 84.0 cm³/mol. The average Bonchev–Trinajstić information content (AvgIpc) is 2.46. The van der Waals surface area contributed by atoms with Crippen LogP contribution in [0.3, 0.4) is 0 Å². The lowest BCUT2D eigenvalue weighted by Crippen LogP contribution is -2.50. The molecule has 3 nitrogen and oxygen atoms in total. The largest absolute Gasteiger partial charge is 0.349 e. The number of benzene rings is 1. The Bertz CT molecular complexity index is 525. The number of hydrogen-bond donors (Lipinski definition) is 2. The fourth-order valence-corrected chi connectivity index (χ4v) is 3.10. The van der Waals surface area contributed by atoms with Crippen molar-refractivity contribution in [3.05, 3.63) is 35.4 Å². The van der Waals surface area contributed by atoms with E-state index in [1.807, 2.05) is 18.2 Å². The third kappa shape index (κ3) is 3.96. The molecule has 3 rings (SSSR count). The smallest absolute Gasteiger partial charge is 0.252 e.